The molecule has 0 atom stereocenters. The van der Waals surface area contributed by atoms with Crippen molar-refractivity contribution in [1.29, 1.82) is 0 Å². The number of aromatic nitrogens is 1. The minimum Gasteiger partial charge on any atom is -0.298 e. The zero-order valence-corrected chi connectivity index (χ0v) is 19.1. The molecule has 1 amide bonds. The van der Waals surface area contributed by atoms with Crippen molar-refractivity contribution < 1.29 is 13.2 Å². The fourth-order valence-corrected chi connectivity index (χ4v) is 4.96. The molecule has 0 fully saturated rings. The summed E-state index contributed by atoms with van der Waals surface area (Å²) in [7, 11) is -3.85. The average molecular weight is 464 g/mol. The second kappa shape index (κ2) is 8.94. The summed E-state index contributed by atoms with van der Waals surface area (Å²) in [4.78, 5) is 17.4. The quantitative estimate of drug-likeness (QED) is 0.396. The highest BCUT2D eigenvalue weighted by molar-refractivity contribution is 7.92. The van der Waals surface area contributed by atoms with Crippen molar-refractivity contribution in [3.63, 3.8) is 0 Å². The first kappa shape index (κ1) is 21.7. The zero-order valence-electron chi connectivity index (χ0n) is 17.5. The van der Waals surface area contributed by atoms with Crippen molar-refractivity contribution in [3.8, 4) is 11.3 Å². The molecule has 3 aromatic carbocycles. The van der Waals surface area contributed by atoms with E-state index in [1.54, 1.807) is 31.2 Å². The number of hydrogen-bond acceptors (Lipinski definition) is 5. The lowest BCUT2D eigenvalue weighted by Crippen LogP contribution is -2.17. The summed E-state index contributed by atoms with van der Waals surface area (Å²) in [5, 5.41) is 5.09. The maximum Gasteiger partial charge on any atom is 0.261 e. The maximum absolute atomic E-state index is 12.9. The number of amides is 1. The van der Waals surface area contributed by atoms with Gasteiger partial charge < -0.3 is 0 Å². The first-order chi connectivity index (χ1) is 15.3. The fourth-order valence-electron chi connectivity index (χ4n) is 3.17. The van der Waals surface area contributed by atoms with Gasteiger partial charge in [-0.2, -0.15) is 0 Å². The van der Waals surface area contributed by atoms with Gasteiger partial charge in [0.1, 0.15) is 0 Å². The molecule has 0 bridgehead atoms. The van der Waals surface area contributed by atoms with Gasteiger partial charge in [0.2, 0.25) is 0 Å². The molecule has 0 aliphatic carbocycles. The van der Waals surface area contributed by atoms with E-state index >= 15 is 0 Å². The number of aryl methyl sites for hydroxylation is 2. The fraction of sp³-hybridized carbons (Fsp3) is 0.0833. The van der Waals surface area contributed by atoms with Crippen LogP contribution in [0.5, 0.6) is 0 Å². The lowest BCUT2D eigenvalue weighted by Gasteiger charge is -2.11. The molecule has 0 aliphatic heterocycles. The van der Waals surface area contributed by atoms with Crippen LogP contribution in [-0.4, -0.2) is 19.3 Å². The van der Waals surface area contributed by atoms with Crippen LogP contribution < -0.4 is 10.0 Å². The van der Waals surface area contributed by atoms with Gasteiger partial charge in [-0.05, 0) is 49.2 Å². The maximum atomic E-state index is 12.9. The van der Waals surface area contributed by atoms with E-state index in [-0.39, 0.29) is 10.5 Å². The largest absolute Gasteiger partial charge is 0.298 e. The lowest BCUT2D eigenvalue weighted by molar-refractivity contribution is 0.102. The molecule has 0 spiro atoms. The summed E-state index contributed by atoms with van der Waals surface area (Å²) in [6.07, 6.45) is 0. The summed E-state index contributed by atoms with van der Waals surface area (Å²) >= 11 is 1.31. The Morgan fingerprint density at radius 2 is 1.72 bits per heavy atom. The van der Waals surface area contributed by atoms with E-state index in [9.17, 15) is 13.2 Å². The molecule has 32 heavy (non-hydrogen) atoms. The molecule has 0 unspecified atom stereocenters. The van der Waals surface area contributed by atoms with Crippen LogP contribution in [0, 0.1) is 13.8 Å². The van der Waals surface area contributed by atoms with Gasteiger partial charge >= 0.3 is 0 Å². The highest BCUT2D eigenvalue weighted by Crippen LogP contribution is 2.26. The first-order valence-electron chi connectivity index (χ1n) is 9.84. The van der Waals surface area contributed by atoms with Crippen molar-refractivity contribution in [2.24, 2.45) is 0 Å². The Morgan fingerprint density at radius 1 is 0.938 bits per heavy atom. The van der Waals surface area contributed by atoms with Gasteiger partial charge in [0.05, 0.1) is 10.6 Å². The molecule has 4 aromatic rings. The standard InChI is InChI=1S/C24H21N3O3S2/c1-16-7-6-10-19(13-16)27-32(29,30)20-12-11-17(2)21(14-20)23(28)26-24-25-22(15-31-24)18-8-4-3-5-9-18/h3-15,27H,1-2H3,(H,25,26,28). The second-order valence-corrected chi connectivity index (χ2v) is 9.85. The SMILES string of the molecule is Cc1cccc(NS(=O)(=O)c2ccc(C)c(C(=O)Nc3nc(-c4ccccc4)cs3)c2)c1. The van der Waals surface area contributed by atoms with Crippen molar-refractivity contribution in [2.75, 3.05) is 10.0 Å². The molecule has 4 rings (SSSR count). The third kappa shape index (κ3) is 4.87. The molecule has 6 nitrogen and oxygen atoms in total. The topological polar surface area (TPSA) is 88.2 Å². The van der Waals surface area contributed by atoms with E-state index in [1.807, 2.05) is 48.7 Å². The summed E-state index contributed by atoms with van der Waals surface area (Å²) in [5.74, 6) is -0.413. The van der Waals surface area contributed by atoms with Gasteiger partial charge in [-0.1, -0.05) is 48.5 Å². The van der Waals surface area contributed by atoms with Gasteiger partial charge in [0, 0.05) is 22.2 Å². The van der Waals surface area contributed by atoms with E-state index in [0.29, 0.717) is 16.4 Å². The number of rotatable bonds is 6. The van der Waals surface area contributed by atoms with Crippen molar-refractivity contribution in [2.45, 2.75) is 18.7 Å². The zero-order chi connectivity index (χ0) is 22.7. The van der Waals surface area contributed by atoms with Gasteiger partial charge in [0.25, 0.3) is 15.9 Å². The predicted molar refractivity (Wildman–Crippen MR) is 129 cm³/mol. The molecule has 0 aliphatic rings. The number of nitrogens with one attached hydrogen (secondary N) is 2. The highest BCUT2D eigenvalue weighted by atomic mass is 32.2. The summed E-state index contributed by atoms with van der Waals surface area (Å²) in [6.45, 7) is 3.64. The van der Waals surface area contributed by atoms with Crippen molar-refractivity contribution in [3.05, 3.63) is 94.9 Å². The lowest BCUT2D eigenvalue weighted by atomic mass is 10.1. The molecular formula is C24H21N3O3S2. The molecule has 8 heteroatoms. The van der Waals surface area contributed by atoms with E-state index < -0.39 is 15.9 Å². The monoisotopic (exact) mass is 463 g/mol. The normalized spacial score (nSPS) is 11.2. The third-order valence-corrected chi connectivity index (χ3v) is 6.97. The highest BCUT2D eigenvalue weighted by Gasteiger charge is 2.19. The predicted octanol–water partition coefficient (Wildman–Crippen LogP) is 5.48. The van der Waals surface area contributed by atoms with Crippen molar-refractivity contribution >= 4 is 38.1 Å². The van der Waals surface area contributed by atoms with E-state index in [4.69, 9.17) is 0 Å². The Balaban J connectivity index is 1.56. The van der Waals surface area contributed by atoms with Crippen LogP contribution in [0.15, 0.2) is 83.1 Å². The van der Waals surface area contributed by atoms with Gasteiger partial charge in [-0.25, -0.2) is 13.4 Å². The number of carbonyl (C=O) groups is 1. The molecular weight excluding hydrogens is 442 g/mol. The van der Waals surface area contributed by atoms with Crippen LogP contribution in [0.4, 0.5) is 10.8 Å². The van der Waals surface area contributed by atoms with Gasteiger partial charge in [-0.3, -0.25) is 14.8 Å². The van der Waals surface area contributed by atoms with E-state index in [2.05, 4.69) is 15.0 Å². The molecule has 0 saturated heterocycles. The number of anilines is 2. The van der Waals surface area contributed by atoms with Crippen LogP contribution in [0.3, 0.4) is 0 Å². The number of thiazole rings is 1. The molecule has 162 valence electrons. The number of nitrogens with zero attached hydrogens (tertiary/aromatic N) is 1. The van der Waals surface area contributed by atoms with Crippen LogP contribution in [0.1, 0.15) is 21.5 Å². The molecule has 1 aromatic heterocycles. The number of benzene rings is 3. The number of carbonyl (C=O) groups excluding carboxylic acids is 1. The van der Waals surface area contributed by atoms with E-state index in [1.165, 1.54) is 23.5 Å². The van der Waals surface area contributed by atoms with Gasteiger partial charge in [-0.15, -0.1) is 11.3 Å². The minimum absolute atomic E-state index is 0.0128. The molecule has 2 N–H and O–H groups in total. The van der Waals surface area contributed by atoms with Crippen molar-refractivity contribution in [1.82, 2.24) is 4.98 Å². The number of sulfonamides is 1. The van der Waals surface area contributed by atoms with Gasteiger partial charge in [0.15, 0.2) is 5.13 Å². The van der Waals surface area contributed by atoms with Crippen LogP contribution in [-0.2, 0) is 10.0 Å². The Labute approximate surface area is 191 Å². The van der Waals surface area contributed by atoms with E-state index in [0.717, 1.165) is 16.8 Å². The Hall–Kier alpha value is -3.49. The Morgan fingerprint density at radius 3 is 2.47 bits per heavy atom. The number of hydrogen-bond donors (Lipinski definition) is 2. The molecule has 1 heterocycles. The minimum atomic E-state index is -3.85. The van der Waals surface area contributed by atoms with Crippen LogP contribution >= 0.6 is 11.3 Å². The Kier molecular flexibility index (Phi) is 6.07. The molecule has 0 radical (unpaired) electrons. The van der Waals surface area contributed by atoms with Crippen LogP contribution in [0.2, 0.25) is 0 Å². The summed E-state index contributed by atoms with van der Waals surface area (Å²) in [5.41, 5.74) is 4.06. The first-order valence-corrected chi connectivity index (χ1v) is 12.2. The summed E-state index contributed by atoms with van der Waals surface area (Å²) in [6, 6.07) is 21.2. The third-order valence-electron chi connectivity index (χ3n) is 4.83. The average Bonchev–Trinajstić information content (AvgIpc) is 3.22. The Bertz CT molecular complexity index is 1380. The smallest absolute Gasteiger partial charge is 0.261 e. The second-order valence-electron chi connectivity index (χ2n) is 7.31. The molecule has 0 saturated carbocycles. The van der Waals surface area contributed by atoms with Crippen LogP contribution in [0.25, 0.3) is 11.3 Å². The summed E-state index contributed by atoms with van der Waals surface area (Å²) < 4.78 is 28.3.